The normalized spacial score (nSPS) is 13.7. The summed E-state index contributed by atoms with van der Waals surface area (Å²) in [6.45, 7) is 8.45. The Morgan fingerprint density at radius 1 is 1.38 bits per heavy atom. The van der Waals surface area contributed by atoms with E-state index in [0.29, 0.717) is 0 Å². The average Bonchev–Trinajstić information content (AvgIpc) is 2.38. The summed E-state index contributed by atoms with van der Waals surface area (Å²) in [5, 5.41) is 2.58. The molecule has 136 valence electrons. The number of sulfonamides is 1. The van der Waals surface area contributed by atoms with Crippen LogP contribution in [0.25, 0.3) is 0 Å². The number of aryl methyl sites for hydroxylation is 1. The zero-order valence-electron chi connectivity index (χ0n) is 14.9. The molecule has 0 saturated carbocycles. The Hall–Kier alpha value is -1.67. The van der Waals surface area contributed by atoms with E-state index in [1.807, 2.05) is 0 Å². The highest BCUT2D eigenvalue weighted by Crippen LogP contribution is 2.18. The molecule has 0 spiro atoms. The van der Waals surface area contributed by atoms with Gasteiger partial charge in [0.15, 0.2) is 0 Å². The molecule has 0 aromatic heterocycles. The Morgan fingerprint density at radius 3 is 2.46 bits per heavy atom. The standard InChI is InChI=1S/C16H25FN2O4S/c1-11-9-13(7-8-14(11)17)24(21,22)19(6)10-12(2)18-15(20)23-16(3,4)5/h7-9,12H,10H2,1-6H3,(H,18,20)/t12-/m0/s1. The van der Waals surface area contributed by atoms with Crippen molar-refractivity contribution in [1.82, 2.24) is 9.62 Å². The molecule has 1 atom stereocenters. The summed E-state index contributed by atoms with van der Waals surface area (Å²) >= 11 is 0. The second kappa shape index (κ2) is 7.48. The number of carbonyl (C=O) groups is 1. The van der Waals surface area contributed by atoms with Gasteiger partial charge >= 0.3 is 6.09 Å². The van der Waals surface area contributed by atoms with Crippen molar-refractivity contribution >= 4 is 16.1 Å². The van der Waals surface area contributed by atoms with Gasteiger partial charge in [-0.2, -0.15) is 4.31 Å². The molecule has 0 aliphatic rings. The molecule has 1 rings (SSSR count). The number of nitrogens with zero attached hydrogens (tertiary/aromatic N) is 1. The fraction of sp³-hybridized carbons (Fsp3) is 0.562. The van der Waals surface area contributed by atoms with E-state index in [9.17, 15) is 17.6 Å². The zero-order valence-corrected chi connectivity index (χ0v) is 15.7. The number of halogens is 1. The maximum atomic E-state index is 13.3. The van der Waals surface area contributed by atoms with Crippen LogP contribution in [0.2, 0.25) is 0 Å². The maximum absolute atomic E-state index is 13.3. The lowest BCUT2D eigenvalue weighted by atomic mass is 10.2. The minimum atomic E-state index is -3.77. The molecule has 8 heteroatoms. The highest BCUT2D eigenvalue weighted by atomic mass is 32.2. The smallest absolute Gasteiger partial charge is 0.407 e. The lowest BCUT2D eigenvalue weighted by molar-refractivity contribution is 0.0504. The summed E-state index contributed by atoms with van der Waals surface area (Å²) in [7, 11) is -2.37. The van der Waals surface area contributed by atoms with E-state index in [1.165, 1.54) is 26.1 Å². The van der Waals surface area contributed by atoms with Crippen LogP contribution in [0, 0.1) is 12.7 Å². The summed E-state index contributed by atoms with van der Waals surface area (Å²) in [5.41, 5.74) is -0.377. The molecule has 0 radical (unpaired) electrons. The Balaban J connectivity index is 2.76. The zero-order chi connectivity index (χ0) is 18.7. The van der Waals surface area contributed by atoms with Crippen molar-refractivity contribution in [3.8, 4) is 0 Å². The van der Waals surface area contributed by atoms with Crippen molar-refractivity contribution in [3.63, 3.8) is 0 Å². The number of nitrogens with one attached hydrogen (secondary N) is 1. The minimum absolute atomic E-state index is 0.00775. The van der Waals surface area contributed by atoms with Crippen molar-refractivity contribution in [1.29, 1.82) is 0 Å². The molecule has 24 heavy (non-hydrogen) atoms. The quantitative estimate of drug-likeness (QED) is 0.876. The first-order valence-corrected chi connectivity index (χ1v) is 8.99. The fourth-order valence-electron chi connectivity index (χ4n) is 2.00. The molecule has 1 aromatic rings. The van der Waals surface area contributed by atoms with Crippen molar-refractivity contribution < 1.29 is 22.3 Å². The maximum Gasteiger partial charge on any atom is 0.407 e. The van der Waals surface area contributed by atoms with Crippen molar-refractivity contribution in [2.45, 2.75) is 51.2 Å². The molecule has 0 unspecified atom stereocenters. The van der Waals surface area contributed by atoms with Gasteiger partial charge in [0.2, 0.25) is 10.0 Å². The van der Waals surface area contributed by atoms with Gasteiger partial charge in [-0.25, -0.2) is 17.6 Å². The summed E-state index contributed by atoms with van der Waals surface area (Å²) in [5.74, 6) is -0.462. The first kappa shape index (κ1) is 20.4. The van der Waals surface area contributed by atoms with Gasteiger partial charge in [-0.15, -0.1) is 0 Å². The number of amides is 1. The molecule has 1 amide bonds. The number of alkyl carbamates (subject to hydrolysis) is 1. The molecule has 6 nitrogen and oxygen atoms in total. The highest BCUT2D eigenvalue weighted by Gasteiger charge is 2.24. The molecular weight excluding hydrogens is 335 g/mol. The molecule has 1 aromatic carbocycles. The predicted octanol–water partition coefficient (Wildman–Crippen LogP) is 2.67. The Kier molecular flexibility index (Phi) is 6.35. The first-order valence-electron chi connectivity index (χ1n) is 7.55. The van der Waals surface area contributed by atoms with Gasteiger partial charge in [-0.05, 0) is 58.4 Å². The summed E-state index contributed by atoms with van der Waals surface area (Å²) < 4.78 is 44.6. The van der Waals surface area contributed by atoms with Crippen LogP contribution in [-0.2, 0) is 14.8 Å². The lowest BCUT2D eigenvalue weighted by Gasteiger charge is -2.24. The fourth-order valence-corrected chi connectivity index (χ4v) is 3.34. The Bertz CT molecular complexity index is 699. The van der Waals surface area contributed by atoms with Crippen molar-refractivity contribution in [2.75, 3.05) is 13.6 Å². The summed E-state index contributed by atoms with van der Waals surface area (Å²) in [6.07, 6.45) is -0.613. The predicted molar refractivity (Wildman–Crippen MR) is 89.8 cm³/mol. The largest absolute Gasteiger partial charge is 0.444 e. The second-order valence-corrected chi connectivity index (χ2v) is 8.79. The van der Waals surface area contributed by atoms with E-state index in [-0.39, 0.29) is 17.0 Å². The van der Waals surface area contributed by atoms with Gasteiger partial charge in [0.25, 0.3) is 0 Å². The molecule has 0 fully saturated rings. The van der Waals surface area contributed by atoms with E-state index >= 15 is 0 Å². The summed E-state index contributed by atoms with van der Waals surface area (Å²) in [6, 6.07) is 3.17. The number of likely N-dealkylation sites (N-methyl/N-ethyl adjacent to an activating group) is 1. The van der Waals surface area contributed by atoms with Gasteiger partial charge in [-0.3, -0.25) is 0 Å². The molecule has 0 saturated heterocycles. The van der Waals surface area contributed by atoms with Crippen LogP contribution in [-0.4, -0.2) is 44.1 Å². The summed E-state index contributed by atoms with van der Waals surface area (Å²) in [4.78, 5) is 11.7. The number of ether oxygens (including phenoxy) is 1. The Morgan fingerprint density at radius 2 is 1.96 bits per heavy atom. The molecule has 0 aliphatic carbocycles. The lowest BCUT2D eigenvalue weighted by Crippen LogP contribution is -2.44. The number of carbonyl (C=O) groups excluding carboxylic acids is 1. The van der Waals surface area contributed by atoms with Crippen LogP contribution in [0.3, 0.4) is 0 Å². The highest BCUT2D eigenvalue weighted by molar-refractivity contribution is 7.89. The average molecular weight is 360 g/mol. The molecule has 0 heterocycles. The van der Waals surface area contributed by atoms with Crippen LogP contribution in [0.5, 0.6) is 0 Å². The minimum Gasteiger partial charge on any atom is -0.444 e. The van der Waals surface area contributed by atoms with Gasteiger partial charge in [0.05, 0.1) is 4.90 Å². The van der Waals surface area contributed by atoms with Crippen molar-refractivity contribution in [3.05, 3.63) is 29.6 Å². The third-order valence-corrected chi connectivity index (χ3v) is 4.95. The van der Waals surface area contributed by atoms with Gasteiger partial charge in [0, 0.05) is 19.6 Å². The number of rotatable bonds is 5. The number of hydrogen-bond donors (Lipinski definition) is 1. The van der Waals surface area contributed by atoms with Gasteiger partial charge < -0.3 is 10.1 Å². The molecular formula is C16H25FN2O4S. The van der Waals surface area contributed by atoms with E-state index in [1.54, 1.807) is 27.7 Å². The van der Waals surface area contributed by atoms with E-state index in [2.05, 4.69) is 5.32 Å². The SMILES string of the molecule is Cc1cc(S(=O)(=O)N(C)C[C@H](C)NC(=O)OC(C)(C)C)ccc1F. The molecule has 0 bridgehead atoms. The third-order valence-electron chi connectivity index (χ3n) is 3.13. The van der Waals surface area contributed by atoms with E-state index in [4.69, 9.17) is 4.74 Å². The van der Waals surface area contributed by atoms with E-state index < -0.39 is 33.6 Å². The van der Waals surface area contributed by atoms with Gasteiger partial charge in [-0.1, -0.05) is 0 Å². The van der Waals surface area contributed by atoms with Gasteiger partial charge in [0.1, 0.15) is 11.4 Å². The first-order chi connectivity index (χ1) is 10.8. The topological polar surface area (TPSA) is 75.7 Å². The van der Waals surface area contributed by atoms with E-state index in [0.717, 1.165) is 10.4 Å². The van der Waals surface area contributed by atoms with Crippen molar-refractivity contribution in [2.24, 2.45) is 0 Å². The monoisotopic (exact) mass is 360 g/mol. The third kappa shape index (κ3) is 5.76. The second-order valence-electron chi connectivity index (χ2n) is 6.74. The Labute approximate surface area is 143 Å². The number of hydrogen-bond acceptors (Lipinski definition) is 4. The molecule has 1 N–H and O–H groups in total. The van der Waals surface area contributed by atoms with Crippen LogP contribution in [0.4, 0.5) is 9.18 Å². The van der Waals surface area contributed by atoms with Crippen LogP contribution >= 0.6 is 0 Å². The van der Waals surface area contributed by atoms with Crippen LogP contribution in [0.1, 0.15) is 33.3 Å². The van der Waals surface area contributed by atoms with Crippen LogP contribution in [0.15, 0.2) is 23.1 Å². The van der Waals surface area contributed by atoms with Crippen LogP contribution < -0.4 is 5.32 Å². The number of benzene rings is 1. The molecule has 0 aliphatic heterocycles.